The van der Waals surface area contributed by atoms with Crippen LogP contribution in [-0.2, 0) is 14.3 Å². The molecular weight excluding hydrogens is 256 g/mol. The molecule has 0 bridgehead atoms. The summed E-state index contributed by atoms with van der Waals surface area (Å²) in [5, 5.41) is 6.01. The van der Waals surface area contributed by atoms with Gasteiger partial charge in [-0.3, -0.25) is 4.79 Å². The van der Waals surface area contributed by atoms with E-state index in [-0.39, 0.29) is 5.91 Å². The summed E-state index contributed by atoms with van der Waals surface area (Å²) in [5.41, 5.74) is 0. The second-order valence-electron chi connectivity index (χ2n) is 5.72. The lowest BCUT2D eigenvalue weighted by Crippen LogP contribution is -2.49. The molecule has 2 N–H and O–H groups in total. The van der Waals surface area contributed by atoms with Crippen LogP contribution in [0.15, 0.2) is 0 Å². The Hall–Kier alpha value is -1.10. The van der Waals surface area contributed by atoms with E-state index in [1.165, 1.54) is 52.6 Å². The number of ether oxygens (including phenoxy) is 1. The number of rotatable bonds is 6. The van der Waals surface area contributed by atoms with E-state index in [2.05, 4.69) is 17.6 Å². The van der Waals surface area contributed by atoms with E-state index in [9.17, 15) is 9.59 Å². The molecule has 0 aromatic rings. The van der Waals surface area contributed by atoms with Crippen LogP contribution in [0, 0.1) is 5.92 Å². The Morgan fingerprint density at radius 2 is 1.80 bits per heavy atom. The second-order valence-corrected chi connectivity index (χ2v) is 5.72. The first-order valence-electron chi connectivity index (χ1n) is 7.63. The minimum atomic E-state index is -0.606. The molecule has 1 amide bonds. The molecule has 0 aromatic heterocycles. The second kappa shape index (κ2) is 8.95. The highest BCUT2D eigenvalue weighted by molar-refractivity contribution is 5.83. The van der Waals surface area contributed by atoms with Gasteiger partial charge in [0.15, 0.2) is 0 Å². The van der Waals surface area contributed by atoms with E-state index in [1.54, 1.807) is 0 Å². The summed E-state index contributed by atoms with van der Waals surface area (Å²) in [6, 6.07) is -0.250. The molecule has 1 aliphatic carbocycles. The third-order valence-corrected chi connectivity index (χ3v) is 4.11. The number of hydrogen-bond donors (Lipinski definition) is 2. The summed E-state index contributed by atoms with van der Waals surface area (Å²) in [7, 11) is 1.34. The number of hydrogen-bond acceptors (Lipinski definition) is 4. The number of methoxy groups -OCH3 is 1. The van der Waals surface area contributed by atoms with Crippen LogP contribution in [0.3, 0.4) is 0 Å². The molecule has 0 saturated heterocycles. The van der Waals surface area contributed by atoms with Gasteiger partial charge in [-0.1, -0.05) is 25.7 Å². The minimum Gasteiger partial charge on any atom is -0.467 e. The smallest absolute Gasteiger partial charge is 0.329 e. The van der Waals surface area contributed by atoms with Crippen molar-refractivity contribution in [2.45, 2.75) is 64.5 Å². The van der Waals surface area contributed by atoms with Gasteiger partial charge < -0.3 is 15.4 Å². The molecule has 5 nitrogen and oxygen atoms in total. The lowest BCUT2D eigenvalue weighted by atomic mass is 9.93. The third-order valence-electron chi connectivity index (χ3n) is 4.11. The van der Waals surface area contributed by atoms with Crippen molar-refractivity contribution in [1.29, 1.82) is 0 Å². The molecule has 1 fully saturated rings. The molecule has 116 valence electrons. The molecule has 20 heavy (non-hydrogen) atoms. The van der Waals surface area contributed by atoms with Crippen LogP contribution >= 0.6 is 0 Å². The Balaban J connectivity index is 2.44. The van der Waals surface area contributed by atoms with Crippen LogP contribution < -0.4 is 10.6 Å². The molecule has 0 heterocycles. The van der Waals surface area contributed by atoms with Crippen molar-refractivity contribution in [2.75, 3.05) is 13.7 Å². The summed E-state index contributed by atoms with van der Waals surface area (Å²) < 4.78 is 4.72. The highest BCUT2D eigenvalue weighted by atomic mass is 16.5. The maximum Gasteiger partial charge on any atom is 0.329 e. The number of esters is 1. The predicted octanol–water partition coefficient (Wildman–Crippen LogP) is 1.61. The number of nitrogens with one attached hydrogen (secondary N) is 2. The van der Waals surface area contributed by atoms with Gasteiger partial charge in [0.1, 0.15) is 6.04 Å². The Kier molecular flexibility index (Phi) is 7.59. The fraction of sp³-hybridized carbons (Fsp3) is 0.867. The first kappa shape index (κ1) is 17.0. The van der Waals surface area contributed by atoms with E-state index in [1.807, 2.05) is 0 Å². The van der Waals surface area contributed by atoms with E-state index in [4.69, 9.17) is 4.74 Å². The standard InChI is InChI=1S/C15H28N2O3/c1-11(13-8-6-4-5-7-9-13)16-10-14(15(19)20-3)17-12(2)18/h11,13-14,16H,4-10H2,1-3H3,(H,17,18)/t11-,14?/m0/s1. The van der Waals surface area contributed by atoms with Gasteiger partial charge in [0.05, 0.1) is 7.11 Å². The Labute approximate surface area is 121 Å². The zero-order chi connectivity index (χ0) is 15.0. The average molecular weight is 284 g/mol. The van der Waals surface area contributed by atoms with Crippen molar-refractivity contribution < 1.29 is 14.3 Å². The maximum absolute atomic E-state index is 11.6. The largest absolute Gasteiger partial charge is 0.467 e. The molecule has 1 rings (SSSR count). The van der Waals surface area contributed by atoms with Gasteiger partial charge >= 0.3 is 5.97 Å². The van der Waals surface area contributed by atoms with Crippen LogP contribution in [0.25, 0.3) is 0 Å². The molecule has 1 saturated carbocycles. The zero-order valence-electron chi connectivity index (χ0n) is 12.9. The molecule has 5 heteroatoms. The van der Waals surface area contributed by atoms with Crippen molar-refractivity contribution >= 4 is 11.9 Å². The lowest BCUT2D eigenvalue weighted by Gasteiger charge is -2.25. The molecular formula is C15H28N2O3. The molecule has 1 unspecified atom stereocenters. The Morgan fingerprint density at radius 3 is 2.30 bits per heavy atom. The summed E-state index contributed by atoms with van der Waals surface area (Å²) in [6.07, 6.45) is 7.75. The summed E-state index contributed by atoms with van der Waals surface area (Å²) >= 11 is 0. The zero-order valence-corrected chi connectivity index (χ0v) is 12.9. The van der Waals surface area contributed by atoms with Crippen LogP contribution in [0.2, 0.25) is 0 Å². The van der Waals surface area contributed by atoms with Gasteiger partial charge in [-0.15, -0.1) is 0 Å². The van der Waals surface area contributed by atoms with Gasteiger partial charge in [0.2, 0.25) is 5.91 Å². The quantitative estimate of drug-likeness (QED) is 0.574. The highest BCUT2D eigenvalue weighted by Crippen LogP contribution is 2.25. The molecule has 0 aliphatic heterocycles. The fourth-order valence-electron chi connectivity index (χ4n) is 2.86. The van der Waals surface area contributed by atoms with Crippen LogP contribution in [0.1, 0.15) is 52.4 Å². The van der Waals surface area contributed by atoms with Gasteiger partial charge in [-0.05, 0) is 25.7 Å². The van der Waals surface area contributed by atoms with Gasteiger partial charge in [-0.25, -0.2) is 4.79 Å². The average Bonchev–Trinajstić information content (AvgIpc) is 2.70. The highest BCUT2D eigenvalue weighted by Gasteiger charge is 2.23. The molecule has 1 aliphatic rings. The first-order valence-corrected chi connectivity index (χ1v) is 7.63. The van der Waals surface area contributed by atoms with Gasteiger partial charge in [0.25, 0.3) is 0 Å². The Bertz CT molecular complexity index is 312. The van der Waals surface area contributed by atoms with Gasteiger partial charge in [-0.2, -0.15) is 0 Å². The van der Waals surface area contributed by atoms with E-state index in [0.717, 1.165) is 0 Å². The number of amides is 1. The predicted molar refractivity (Wildman–Crippen MR) is 78.3 cm³/mol. The van der Waals surface area contributed by atoms with Crippen molar-refractivity contribution in [3.63, 3.8) is 0 Å². The minimum absolute atomic E-state index is 0.218. The normalized spacial score (nSPS) is 19.8. The fourth-order valence-corrected chi connectivity index (χ4v) is 2.86. The van der Waals surface area contributed by atoms with Crippen molar-refractivity contribution in [1.82, 2.24) is 10.6 Å². The van der Waals surface area contributed by atoms with Crippen molar-refractivity contribution in [2.24, 2.45) is 5.92 Å². The molecule has 0 aromatic carbocycles. The maximum atomic E-state index is 11.6. The Morgan fingerprint density at radius 1 is 1.20 bits per heavy atom. The third kappa shape index (κ3) is 5.90. The van der Waals surface area contributed by atoms with Gasteiger partial charge in [0, 0.05) is 19.5 Å². The van der Waals surface area contributed by atoms with Crippen molar-refractivity contribution in [3.8, 4) is 0 Å². The number of carbonyl (C=O) groups is 2. The van der Waals surface area contributed by atoms with Crippen molar-refractivity contribution in [3.05, 3.63) is 0 Å². The molecule has 0 spiro atoms. The summed E-state index contributed by atoms with van der Waals surface area (Å²) in [6.45, 7) is 3.99. The molecule has 2 atom stereocenters. The monoisotopic (exact) mass is 284 g/mol. The summed E-state index contributed by atoms with van der Waals surface area (Å²) in [4.78, 5) is 22.7. The van der Waals surface area contributed by atoms with Crippen LogP contribution in [0.5, 0.6) is 0 Å². The topological polar surface area (TPSA) is 67.4 Å². The summed E-state index contributed by atoms with van der Waals surface area (Å²) in [5.74, 6) is 0.0400. The van der Waals surface area contributed by atoms with E-state index in [0.29, 0.717) is 18.5 Å². The van der Waals surface area contributed by atoms with E-state index < -0.39 is 12.0 Å². The molecule has 0 radical (unpaired) electrons. The SMILES string of the molecule is COC(=O)C(CN[C@@H](C)C1CCCCCC1)NC(C)=O. The van der Waals surface area contributed by atoms with Crippen LogP contribution in [0.4, 0.5) is 0 Å². The van der Waals surface area contributed by atoms with E-state index >= 15 is 0 Å². The lowest BCUT2D eigenvalue weighted by molar-refractivity contribution is -0.144. The first-order chi connectivity index (χ1) is 9.54. The van der Waals surface area contributed by atoms with Crippen LogP contribution in [-0.4, -0.2) is 37.6 Å². The number of carbonyl (C=O) groups excluding carboxylic acids is 2.